The molecule has 4 heteroatoms. The summed E-state index contributed by atoms with van der Waals surface area (Å²) in [6.07, 6.45) is 3.69. The van der Waals surface area contributed by atoms with Gasteiger partial charge in [0.15, 0.2) is 0 Å². The number of hydrogen-bond donors (Lipinski definition) is 1. The molecule has 0 amide bonds. The highest BCUT2D eigenvalue weighted by atomic mass is 32.1. The highest BCUT2D eigenvalue weighted by Gasteiger charge is 2.07. The quantitative estimate of drug-likeness (QED) is 0.771. The van der Waals surface area contributed by atoms with Crippen molar-refractivity contribution in [3.8, 4) is 11.3 Å². The molecule has 1 aromatic carbocycles. The van der Waals surface area contributed by atoms with Crippen molar-refractivity contribution in [2.24, 2.45) is 0 Å². The molecule has 0 aliphatic carbocycles. The predicted octanol–water partition coefficient (Wildman–Crippen LogP) is 4.06. The van der Waals surface area contributed by atoms with Gasteiger partial charge >= 0.3 is 0 Å². The first-order chi connectivity index (χ1) is 10.3. The summed E-state index contributed by atoms with van der Waals surface area (Å²) in [6.45, 7) is 2.91. The summed E-state index contributed by atoms with van der Waals surface area (Å²) >= 11 is 1.69. The van der Waals surface area contributed by atoms with Crippen molar-refractivity contribution in [1.29, 1.82) is 0 Å². The fourth-order valence-corrected chi connectivity index (χ4v) is 2.88. The van der Waals surface area contributed by atoms with E-state index in [2.05, 4.69) is 45.8 Å². The van der Waals surface area contributed by atoms with Crippen LogP contribution < -0.4 is 5.32 Å². The van der Waals surface area contributed by atoms with Gasteiger partial charge in [-0.25, -0.2) is 4.98 Å². The van der Waals surface area contributed by atoms with Gasteiger partial charge in [-0.2, -0.15) is 0 Å². The van der Waals surface area contributed by atoms with E-state index in [-0.39, 0.29) is 6.04 Å². The van der Waals surface area contributed by atoms with E-state index in [1.807, 2.05) is 30.5 Å². The van der Waals surface area contributed by atoms with Gasteiger partial charge in [0.25, 0.3) is 0 Å². The first-order valence-corrected chi connectivity index (χ1v) is 7.84. The number of thiazole rings is 1. The molecule has 0 aliphatic heterocycles. The van der Waals surface area contributed by atoms with Crippen molar-refractivity contribution in [1.82, 2.24) is 15.3 Å². The molecule has 0 saturated heterocycles. The molecule has 21 heavy (non-hydrogen) atoms. The van der Waals surface area contributed by atoms with E-state index >= 15 is 0 Å². The Bertz CT molecular complexity index is 680. The average Bonchev–Trinajstić information content (AvgIpc) is 3.03. The molecule has 0 fully saturated rings. The van der Waals surface area contributed by atoms with Gasteiger partial charge in [-0.1, -0.05) is 36.4 Å². The zero-order valence-corrected chi connectivity index (χ0v) is 12.7. The van der Waals surface area contributed by atoms with Gasteiger partial charge in [0, 0.05) is 35.9 Å². The molecule has 1 N–H and O–H groups in total. The molecule has 1 atom stereocenters. The number of benzene rings is 1. The first-order valence-electron chi connectivity index (χ1n) is 6.96. The maximum absolute atomic E-state index is 4.69. The van der Waals surface area contributed by atoms with Crippen LogP contribution in [0.5, 0.6) is 0 Å². The van der Waals surface area contributed by atoms with Gasteiger partial charge in [0.05, 0.1) is 5.69 Å². The molecule has 1 unspecified atom stereocenters. The van der Waals surface area contributed by atoms with Gasteiger partial charge < -0.3 is 5.32 Å². The third kappa shape index (κ3) is 3.54. The molecule has 2 heterocycles. The Morgan fingerprint density at radius 1 is 1.14 bits per heavy atom. The molecular formula is C17H17N3S. The maximum Gasteiger partial charge on any atom is 0.107 e. The van der Waals surface area contributed by atoms with Crippen LogP contribution in [0.25, 0.3) is 11.3 Å². The maximum atomic E-state index is 4.69. The van der Waals surface area contributed by atoms with Crippen LogP contribution in [-0.4, -0.2) is 9.97 Å². The molecule has 0 bridgehead atoms. The minimum absolute atomic E-state index is 0.266. The van der Waals surface area contributed by atoms with Crippen molar-refractivity contribution in [2.45, 2.75) is 19.5 Å². The third-order valence-electron chi connectivity index (χ3n) is 3.37. The summed E-state index contributed by atoms with van der Waals surface area (Å²) in [5.74, 6) is 0. The molecule has 0 spiro atoms. The Labute approximate surface area is 128 Å². The lowest BCUT2D eigenvalue weighted by molar-refractivity contribution is 0.572. The van der Waals surface area contributed by atoms with E-state index in [0.29, 0.717) is 0 Å². The van der Waals surface area contributed by atoms with Crippen molar-refractivity contribution >= 4 is 11.3 Å². The Balaban J connectivity index is 1.63. The second-order valence-electron chi connectivity index (χ2n) is 4.88. The normalized spacial score (nSPS) is 12.2. The number of aromatic nitrogens is 2. The Hall–Kier alpha value is -2.04. The predicted molar refractivity (Wildman–Crippen MR) is 87.0 cm³/mol. The highest BCUT2D eigenvalue weighted by Crippen LogP contribution is 2.22. The number of nitrogens with one attached hydrogen (secondary N) is 1. The average molecular weight is 295 g/mol. The van der Waals surface area contributed by atoms with Crippen molar-refractivity contribution in [3.63, 3.8) is 0 Å². The Morgan fingerprint density at radius 3 is 2.76 bits per heavy atom. The van der Waals surface area contributed by atoms with E-state index in [1.165, 1.54) is 11.1 Å². The molecule has 0 radical (unpaired) electrons. The number of nitrogens with zero attached hydrogens (tertiary/aromatic N) is 2. The third-order valence-corrected chi connectivity index (χ3v) is 4.21. The molecule has 0 saturated carbocycles. The number of pyridine rings is 1. The Morgan fingerprint density at radius 2 is 2.00 bits per heavy atom. The number of hydrogen-bond acceptors (Lipinski definition) is 4. The lowest BCUT2D eigenvalue weighted by Gasteiger charge is -2.12. The van der Waals surface area contributed by atoms with Gasteiger partial charge in [0.2, 0.25) is 0 Å². The fraction of sp³-hybridized carbons (Fsp3) is 0.176. The molecule has 106 valence electrons. The minimum Gasteiger partial charge on any atom is -0.304 e. The van der Waals surface area contributed by atoms with Gasteiger partial charge in [-0.05, 0) is 18.6 Å². The van der Waals surface area contributed by atoms with Gasteiger partial charge in [0.1, 0.15) is 5.01 Å². The van der Waals surface area contributed by atoms with Crippen LogP contribution in [-0.2, 0) is 6.54 Å². The smallest absolute Gasteiger partial charge is 0.107 e. The molecule has 2 aromatic heterocycles. The summed E-state index contributed by atoms with van der Waals surface area (Å²) in [7, 11) is 0. The molecular weight excluding hydrogens is 278 g/mol. The fourth-order valence-electron chi connectivity index (χ4n) is 2.12. The van der Waals surface area contributed by atoms with Crippen LogP contribution >= 0.6 is 11.3 Å². The van der Waals surface area contributed by atoms with Crippen molar-refractivity contribution in [2.75, 3.05) is 0 Å². The summed E-state index contributed by atoms with van der Waals surface area (Å²) in [6, 6.07) is 14.6. The summed E-state index contributed by atoms with van der Waals surface area (Å²) in [4.78, 5) is 8.84. The lowest BCUT2D eigenvalue weighted by atomic mass is 10.1. The summed E-state index contributed by atoms with van der Waals surface area (Å²) in [5, 5.41) is 6.70. The molecule has 3 rings (SSSR count). The second-order valence-corrected chi connectivity index (χ2v) is 5.82. The van der Waals surface area contributed by atoms with Crippen LogP contribution in [0.3, 0.4) is 0 Å². The zero-order valence-electron chi connectivity index (χ0n) is 11.9. The van der Waals surface area contributed by atoms with E-state index in [9.17, 15) is 0 Å². The van der Waals surface area contributed by atoms with Gasteiger partial charge in [-0.15, -0.1) is 11.3 Å². The number of rotatable bonds is 5. The SMILES string of the molecule is CC(NCc1nc(-c2ccccc2)cs1)c1cccnc1. The topological polar surface area (TPSA) is 37.8 Å². The van der Waals surface area contributed by atoms with E-state index < -0.39 is 0 Å². The van der Waals surface area contributed by atoms with Crippen molar-refractivity contribution in [3.05, 3.63) is 70.8 Å². The van der Waals surface area contributed by atoms with E-state index in [1.54, 1.807) is 17.5 Å². The zero-order chi connectivity index (χ0) is 14.5. The largest absolute Gasteiger partial charge is 0.304 e. The van der Waals surface area contributed by atoms with Crippen LogP contribution in [0.15, 0.2) is 60.2 Å². The molecule has 3 aromatic rings. The first kappa shape index (κ1) is 13.9. The Kier molecular flexibility index (Phi) is 4.38. The second kappa shape index (κ2) is 6.61. The summed E-state index contributed by atoms with van der Waals surface area (Å²) in [5.41, 5.74) is 3.41. The monoisotopic (exact) mass is 295 g/mol. The summed E-state index contributed by atoms with van der Waals surface area (Å²) < 4.78 is 0. The van der Waals surface area contributed by atoms with E-state index in [4.69, 9.17) is 0 Å². The standard InChI is InChI=1S/C17H17N3S/c1-13(15-8-5-9-18-10-15)19-11-17-20-16(12-21-17)14-6-3-2-4-7-14/h2-10,12-13,19H,11H2,1H3. The van der Waals surface area contributed by atoms with E-state index in [0.717, 1.165) is 17.2 Å². The minimum atomic E-state index is 0.266. The highest BCUT2D eigenvalue weighted by molar-refractivity contribution is 7.09. The van der Waals surface area contributed by atoms with Gasteiger partial charge in [-0.3, -0.25) is 4.98 Å². The van der Waals surface area contributed by atoms with Crippen molar-refractivity contribution < 1.29 is 0 Å². The van der Waals surface area contributed by atoms with Crippen LogP contribution in [0, 0.1) is 0 Å². The van der Waals surface area contributed by atoms with Crippen LogP contribution in [0.4, 0.5) is 0 Å². The molecule has 3 nitrogen and oxygen atoms in total. The van der Waals surface area contributed by atoms with Crippen LogP contribution in [0.2, 0.25) is 0 Å². The van der Waals surface area contributed by atoms with Crippen LogP contribution in [0.1, 0.15) is 23.5 Å². The molecule has 0 aliphatic rings. The lowest BCUT2D eigenvalue weighted by Crippen LogP contribution is -2.18.